The van der Waals surface area contributed by atoms with Crippen LogP contribution >= 0.6 is 0 Å². The monoisotopic (exact) mass is 668 g/mol. The Kier molecular flexibility index (Phi) is 29.7. The van der Waals surface area contributed by atoms with Gasteiger partial charge in [-0.15, -0.1) is 6.58 Å². The van der Waals surface area contributed by atoms with Crippen LogP contribution in [0.2, 0.25) is 0 Å². The van der Waals surface area contributed by atoms with Crippen molar-refractivity contribution >= 4 is 5.78 Å². The maximum absolute atomic E-state index is 13.4. The molecule has 1 rings (SSSR count). The highest BCUT2D eigenvalue weighted by Gasteiger charge is 2.28. The average molecular weight is 668 g/mol. The second-order valence-corrected chi connectivity index (χ2v) is 16.4. The van der Waals surface area contributed by atoms with Gasteiger partial charge in [-0.1, -0.05) is 154 Å². The highest BCUT2D eigenvalue weighted by molar-refractivity contribution is 5.81. The number of ketones is 1. The van der Waals surface area contributed by atoms with Crippen LogP contribution in [0.15, 0.2) is 37.0 Å². The van der Waals surface area contributed by atoms with Gasteiger partial charge in [-0.2, -0.15) is 0 Å². The van der Waals surface area contributed by atoms with E-state index in [-0.39, 0.29) is 0 Å². The van der Waals surface area contributed by atoms with Gasteiger partial charge in [-0.3, -0.25) is 4.79 Å². The summed E-state index contributed by atoms with van der Waals surface area (Å²) in [5, 5.41) is 0. The normalized spacial score (nSPS) is 19.0. The molecule has 0 aromatic rings. The van der Waals surface area contributed by atoms with E-state index in [2.05, 4.69) is 70.6 Å². The van der Waals surface area contributed by atoms with E-state index in [1.165, 1.54) is 161 Å². The molecule has 0 N–H and O–H groups in total. The summed E-state index contributed by atoms with van der Waals surface area (Å²) in [7, 11) is 4.40. The lowest BCUT2D eigenvalue weighted by Gasteiger charge is -2.32. The third-order valence-corrected chi connectivity index (χ3v) is 11.4. The molecular weight excluding hydrogens is 583 g/mol. The molecular formula is C46H85NO. The van der Waals surface area contributed by atoms with Gasteiger partial charge in [-0.05, 0) is 109 Å². The van der Waals surface area contributed by atoms with Crippen LogP contribution in [0.3, 0.4) is 0 Å². The van der Waals surface area contributed by atoms with Gasteiger partial charge in [0.25, 0.3) is 0 Å². The standard InChI is InChI=1S/C46H85NO/c1-7-9-11-12-20-25-32-42(4)33-27-22-18-19-24-29-35-43(40-46(48)44-36-38-45(39-37-44)47(5)6)34-28-23-17-15-13-14-16-21-26-31-41(3)30-10-8-2/h8,20-21,25-26,41-45H,2,7,9-19,22-24,27-40H2,1,3-6H3/b25-20-,26-21-. The zero-order valence-electron chi connectivity index (χ0n) is 33.3. The molecule has 280 valence electrons. The predicted octanol–water partition coefficient (Wildman–Crippen LogP) is 14.6. The molecule has 0 radical (unpaired) electrons. The summed E-state index contributed by atoms with van der Waals surface area (Å²) in [5.74, 6) is 3.17. The van der Waals surface area contributed by atoms with Crippen LogP contribution in [-0.2, 0) is 4.79 Å². The minimum Gasteiger partial charge on any atom is -0.306 e. The highest BCUT2D eigenvalue weighted by Crippen LogP contribution is 2.31. The molecule has 2 heteroatoms. The number of rotatable bonds is 33. The van der Waals surface area contributed by atoms with E-state index in [1.807, 2.05) is 6.08 Å². The van der Waals surface area contributed by atoms with Crippen LogP contribution in [0, 0.1) is 23.7 Å². The number of Topliss-reactive ketones (excluding diaryl/α,β-unsaturated/α-hetero) is 1. The minimum atomic E-state index is 0.340. The number of nitrogens with zero attached hydrogens (tertiary/aromatic N) is 1. The van der Waals surface area contributed by atoms with E-state index in [0.29, 0.717) is 23.7 Å². The van der Waals surface area contributed by atoms with Gasteiger partial charge in [-0.25, -0.2) is 0 Å². The molecule has 0 saturated heterocycles. The van der Waals surface area contributed by atoms with Crippen molar-refractivity contribution < 1.29 is 4.79 Å². The Balaban J connectivity index is 2.27. The fourth-order valence-electron chi connectivity index (χ4n) is 7.79. The van der Waals surface area contributed by atoms with E-state index < -0.39 is 0 Å². The fraction of sp³-hybridized carbons (Fsp3) is 0.848. The van der Waals surface area contributed by atoms with Gasteiger partial charge >= 0.3 is 0 Å². The summed E-state index contributed by atoms with van der Waals surface area (Å²) in [5.41, 5.74) is 0. The first kappa shape index (κ1) is 44.9. The molecule has 1 aliphatic rings. The maximum atomic E-state index is 13.4. The molecule has 0 bridgehead atoms. The molecule has 0 heterocycles. The van der Waals surface area contributed by atoms with Crippen molar-refractivity contribution in [2.45, 2.75) is 213 Å². The summed E-state index contributed by atoms with van der Waals surface area (Å²) in [6.45, 7) is 10.9. The van der Waals surface area contributed by atoms with Crippen molar-refractivity contribution in [3.8, 4) is 0 Å². The molecule has 3 atom stereocenters. The molecule has 0 amide bonds. The predicted molar refractivity (Wildman–Crippen MR) is 216 cm³/mol. The van der Waals surface area contributed by atoms with Crippen molar-refractivity contribution in [1.82, 2.24) is 4.90 Å². The third-order valence-electron chi connectivity index (χ3n) is 11.4. The lowest BCUT2D eigenvalue weighted by Crippen LogP contribution is -2.34. The van der Waals surface area contributed by atoms with Crippen molar-refractivity contribution in [3.05, 3.63) is 37.0 Å². The van der Waals surface area contributed by atoms with Gasteiger partial charge in [0.1, 0.15) is 5.78 Å². The molecule has 1 aliphatic carbocycles. The first-order chi connectivity index (χ1) is 23.4. The van der Waals surface area contributed by atoms with Gasteiger partial charge in [0.15, 0.2) is 0 Å². The zero-order chi connectivity index (χ0) is 35.1. The lowest BCUT2D eigenvalue weighted by atomic mass is 9.79. The zero-order valence-corrected chi connectivity index (χ0v) is 33.3. The average Bonchev–Trinajstić information content (AvgIpc) is 3.08. The van der Waals surface area contributed by atoms with Gasteiger partial charge < -0.3 is 4.90 Å². The Bertz CT molecular complexity index is 788. The summed E-state index contributed by atoms with van der Waals surface area (Å²) in [4.78, 5) is 15.8. The largest absolute Gasteiger partial charge is 0.306 e. The number of carbonyl (C=O) groups is 1. The SMILES string of the molecule is C=CCCC(C)C/C=C\CCCCCCCCC(CCCCCCCCC(C)C/C=C\CCCCC)CC(=O)C1CCC(N(C)C)CC1. The van der Waals surface area contributed by atoms with Crippen LogP contribution in [0.25, 0.3) is 0 Å². The van der Waals surface area contributed by atoms with E-state index >= 15 is 0 Å². The summed E-state index contributed by atoms with van der Waals surface area (Å²) < 4.78 is 0. The smallest absolute Gasteiger partial charge is 0.136 e. The van der Waals surface area contributed by atoms with Gasteiger partial charge in [0.05, 0.1) is 0 Å². The second-order valence-electron chi connectivity index (χ2n) is 16.4. The number of hydrogen-bond donors (Lipinski definition) is 0. The van der Waals surface area contributed by atoms with Crippen LogP contribution in [0.5, 0.6) is 0 Å². The fourth-order valence-corrected chi connectivity index (χ4v) is 7.79. The molecule has 0 aromatic carbocycles. The number of hydrogen-bond acceptors (Lipinski definition) is 2. The number of carbonyl (C=O) groups excluding carboxylic acids is 1. The Morgan fingerprint density at radius 3 is 1.62 bits per heavy atom. The first-order valence-electron chi connectivity index (χ1n) is 21.5. The Morgan fingerprint density at radius 2 is 1.10 bits per heavy atom. The third kappa shape index (κ3) is 25.8. The van der Waals surface area contributed by atoms with E-state index in [1.54, 1.807) is 0 Å². The Morgan fingerprint density at radius 1 is 0.625 bits per heavy atom. The second kappa shape index (κ2) is 31.8. The van der Waals surface area contributed by atoms with E-state index in [4.69, 9.17) is 0 Å². The Labute approximate surface area is 302 Å². The molecule has 0 spiro atoms. The molecule has 1 fully saturated rings. The first-order valence-corrected chi connectivity index (χ1v) is 21.5. The van der Waals surface area contributed by atoms with Crippen molar-refractivity contribution in [2.24, 2.45) is 23.7 Å². The van der Waals surface area contributed by atoms with Crippen LogP contribution in [0.4, 0.5) is 0 Å². The summed E-state index contributed by atoms with van der Waals surface area (Å²) in [6.07, 6.45) is 48.9. The number of unbranched alkanes of at least 4 members (excludes halogenated alkanes) is 14. The quantitative estimate of drug-likeness (QED) is 0.0513. The molecule has 2 nitrogen and oxygen atoms in total. The molecule has 48 heavy (non-hydrogen) atoms. The van der Waals surface area contributed by atoms with Crippen LogP contribution < -0.4 is 0 Å². The van der Waals surface area contributed by atoms with E-state index in [0.717, 1.165) is 37.5 Å². The maximum Gasteiger partial charge on any atom is 0.136 e. The van der Waals surface area contributed by atoms with Gasteiger partial charge in [0, 0.05) is 18.4 Å². The topological polar surface area (TPSA) is 20.3 Å². The van der Waals surface area contributed by atoms with Crippen LogP contribution in [0.1, 0.15) is 207 Å². The molecule has 0 aromatic heterocycles. The molecule has 1 saturated carbocycles. The summed E-state index contributed by atoms with van der Waals surface area (Å²) in [6, 6.07) is 0.678. The van der Waals surface area contributed by atoms with Crippen LogP contribution in [-0.4, -0.2) is 30.8 Å². The van der Waals surface area contributed by atoms with Crippen molar-refractivity contribution in [1.29, 1.82) is 0 Å². The molecule has 3 unspecified atom stereocenters. The molecule has 0 aliphatic heterocycles. The van der Waals surface area contributed by atoms with Crippen molar-refractivity contribution in [2.75, 3.05) is 14.1 Å². The number of allylic oxidation sites excluding steroid dienone is 5. The van der Waals surface area contributed by atoms with Crippen molar-refractivity contribution in [3.63, 3.8) is 0 Å². The van der Waals surface area contributed by atoms with Gasteiger partial charge in [0.2, 0.25) is 0 Å². The van der Waals surface area contributed by atoms with E-state index in [9.17, 15) is 4.79 Å². The Hall–Kier alpha value is -1.15. The summed E-state index contributed by atoms with van der Waals surface area (Å²) >= 11 is 0. The minimum absolute atomic E-state index is 0.340. The lowest BCUT2D eigenvalue weighted by molar-refractivity contribution is -0.125. The highest BCUT2D eigenvalue weighted by atomic mass is 16.1.